The molecule has 1 spiro atoms. The first-order chi connectivity index (χ1) is 10.6. The summed E-state index contributed by atoms with van der Waals surface area (Å²) in [6.07, 6.45) is 6.38. The van der Waals surface area contributed by atoms with E-state index in [-0.39, 0.29) is 5.41 Å². The van der Waals surface area contributed by atoms with Gasteiger partial charge < -0.3 is 9.64 Å². The van der Waals surface area contributed by atoms with Crippen LogP contribution in [0, 0.1) is 30.6 Å². The predicted molar refractivity (Wildman–Crippen MR) is 87.0 cm³/mol. The molecule has 1 aromatic heterocycles. The standard InChI is InChI=1S/C18H25N3O/c1-13-10-14(2)20-17(15(13)11-19)21-9-5-8-18(12-21)7-4-6-16(18)22-3/h10,16H,4-9,12H2,1-3H3/t16-,18+/m1/s1. The minimum atomic E-state index is 0.249. The number of rotatable bonds is 2. The molecule has 4 heteroatoms. The third-order valence-corrected chi connectivity index (χ3v) is 5.45. The Hall–Kier alpha value is -1.60. The number of methoxy groups -OCH3 is 1. The molecule has 1 saturated heterocycles. The van der Waals surface area contributed by atoms with Crippen molar-refractivity contribution in [3.63, 3.8) is 0 Å². The van der Waals surface area contributed by atoms with E-state index in [0.29, 0.717) is 6.10 Å². The Morgan fingerprint density at radius 3 is 2.86 bits per heavy atom. The number of piperidine rings is 1. The van der Waals surface area contributed by atoms with Gasteiger partial charge in [0.1, 0.15) is 11.9 Å². The van der Waals surface area contributed by atoms with Crippen molar-refractivity contribution in [3.8, 4) is 6.07 Å². The van der Waals surface area contributed by atoms with E-state index in [2.05, 4.69) is 11.0 Å². The molecule has 1 aliphatic carbocycles. The van der Waals surface area contributed by atoms with E-state index in [4.69, 9.17) is 9.72 Å². The van der Waals surface area contributed by atoms with Crippen LogP contribution in [-0.4, -0.2) is 31.3 Å². The summed E-state index contributed by atoms with van der Waals surface area (Å²) in [6, 6.07) is 4.35. The highest BCUT2D eigenvalue weighted by atomic mass is 16.5. The number of nitriles is 1. The van der Waals surface area contributed by atoms with E-state index < -0.39 is 0 Å². The van der Waals surface area contributed by atoms with E-state index in [1.54, 1.807) is 0 Å². The van der Waals surface area contributed by atoms with Crippen LogP contribution in [0.2, 0.25) is 0 Å². The summed E-state index contributed by atoms with van der Waals surface area (Å²) in [5.41, 5.74) is 2.99. The first-order valence-corrected chi connectivity index (χ1v) is 8.26. The fourth-order valence-corrected chi connectivity index (χ4v) is 4.47. The molecule has 2 heterocycles. The first-order valence-electron chi connectivity index (χ1n) is 8.26. The second-order valence-electron chi connectivity index (χ2n) is 6.89. The van der Waals surface area contributed by atoms with E-state index in [1.165, 1.54) is 19.3 Å². The number of ether oxygens (including phenoxy) is 1. The molecule has 2 aliphatic rings. The average Bonchev–Trinajstić information content (AvgIpc) is 2.88. The molecule has 0 bridgehead atoms. The summed E-state index contributed by atoms with van der Waals surface area (Å²) >= 11 is 0. The highest BCUT2D eigenvalue weighted by Gasteiger charge is 2.46. The van der Waals surface area contributed by atoms with Crippen molar-refractivity contribution >= 4 is 5.82 Å². The molecule has 0 aromatic carbocycles. The van der Waals surface area contributed by atoms with Gasteiger partial charge in [-0.25, -0.2) is 4.98 Å². The summed E-state index contributed by atoms with van der Waals surface area (Å²) in [5, 5.41) is 9.53. The lowest BCUT2D eigenvalue weighted by atomic mass is 9.76. The van der Waals surface area contributed by atoms with Crippen LogP contribution in [0.3, 0.4) is 0 Å². The van der Waals surface area contributed by atoms with Gasteiger partial charge >= 0.3 is 0 Å². The van der Waals surface area contributed by atoms with Crippen molar-refractivity contribution in [2.24, 2.45) is 5.41 Å². The molecule has 0 unspecified atom stereocenters. The largest absolute Gasteiger partial charge is 0.381 e. The molecule has 1 aliphatic heterocycles. The van der Waals surface area contributed by atoms with E-state index >= 15 is 0 Å². The van der Waals surface area contributed by atoms with Crippen LogP contribution in [0.4, 0.5) is 5.82 Å². The molecule has 0 radical (unpaired) electrons. The number of hydrogen-bond acceptors (Lipinski definition) is 4. The van der Waals surface area contributed by atoms with Crippen molar-refractivity contribution in [3.05, 3.63) is 22.9 Å². The highest BCUT2D eigenvalue weighted by Crippen LogP contribution is 2.47. The molecule has 1 aromatic rings. The van der Waals surface area contributed by atoms with E-state index in [1.807, 2.05) is 27.0 Å². The van der Waals surface area contributed by atoms with Crippen molar-refractivity contribution in [2.75, 3.05) is 25.1 Å². The Morgan fingerprint density at radius 2 is 2.14 bits per heavy atom. The van der Waals surface area contributed by atoms with Gasteiger partial charge in [0, 0.05) is 31.3 Å². The number of pyridine rings is 1. The molecule has 1 saturated carbocycles. The zero-order valence-corrected chi connectivity index (χ0v) is 13.9. The quantitative estimate of drug-likeness (QED) is 0.840. The summed E-state index contributed by atoms with van der Waals surface area (Å²) < 4.78 is 5.78. The molecule has 4 nitrogen and oxygen atoms in total. The second kappa shape index (κ2) is 5.89. The summed E-state index contributed by atoms with van der Waals surface area (Å²) in [6.45, 7) is 5.97. The van der Waals surface area contributed by atoms with E-state index in [0.717, 1.165) is 48.6 Å². The molecule has 0 amide bonds. The van der Waals surface area contributed by atoms with Gasteiger partial charge in [0.05, 0.1) is 11.7 Å². The average molecular weight is 299 g/mol. The Balaban J connectivity index is 1.95. The molecule has 2 fully saturated rings. The third-order valence-electron chi connectivity index (χ3n) is 5.45. The van der Waals surface area contributed by atoms with Gasteiger partial charge in [0.25, 0.3) is 0 Å². The van der Waals surface area contributed by atoms with Crippen LogP contribution < -0.4 is 4.90 Å². The molecule has 2 atom stereocenters. The van der Waals surface area contributed by atoms with Gasteiger partial charge in [0.2, 0.25) is 0 Å². The van der Waals surface area contributed by atoms with Gasteiger partial charge in [-0.05, 0) is 51.2 Å². The smallest absolute Gasteiger partial charge is 0.147 e. The fraction of sp³-hybridized carbons (Fsp3) is 0.667. The minimum absolute atomic E-state index is 0.249. The maximum atomic E-state index is 9.53. The second-order valence-corrected chi connectivity index (χ2v) is 6.89. The molecular formula is C18H25N3O. The van der Waals surface area contributed by atoms with Gasteiger partial charge in [-0.2, -0.15) is 5.26 Å². The number of aromatic nitrogens is 1. The van der Waals surface area contributed by atoms with Crippen molar-refractivity contribution in [2.45, 2.75) is 52.1 Å². The van der Waals surface area contributed by atoms with Gasteiger partial charge in [-0.1, -0.05) is 6.42 Å². The van der Waals surface area contributed by atoms with Crippen LogP contribution in [0.25, 0.3) is 0 Å². The SMILES string of the molecule is CO[C@@H]1CCC[C@@]12CCCN(c1nc(C)cc(C)c1C#N)C2. The number of anilines is 1. The van der Waals surface area contributed by atoms with E-state index in [9.17, 15) is 5.26 Å². The van der Waals surface area contributed by atoms with Gasteiger partial charge in [-0.15, -0.1) is 0 Å². The number of nitrogens with zero attached hydrogens (tertiary/aromatic N) is 3. The fourth-order valence-electron chi connectivity index (χ4n) is 4.47. The Morgan fingerprint density at radius 1 is 1.36 bits per heavy atom. The predicted octanol–water partition coefficient (Wildman–Crippen LogP) is 3.36. The number of hydrogen-bond donors (Lipinski definition) is 0. The zero-order chi connectivity index (χ0) is 15.7. The van der Waals surface area contributed by atoms with Crippen LogP contribution >= 0.6 is 0 Å². The minimum Gasteiger partial charge on any atom is -0.381 e. The lowest BCUT2D eigenvalue weighted by Crippen LogP contribution is -2.48. The number of aryl methyl sites for hydroxylation is 2. The lowest BCUT2D eigenvalue weighted by Gasteiger charge is -2.44. The van der Waals surface area contributed by atoms with Crippen LogP contribution in [0.15, 0.2) is 6.07 Å². The molecular weight excluding hydrogens is 274 g/mol. The lowest BCUT2D eigenvalue weighted by molar-refractivity contribution is 0.00215. The summed E-state index contributed by atoms with van der Waals surface area (Å²) in [4.78, 5) is 7.03. The van der Waals surface area contributed by atoms with Crippen LogP contribution in [0.5, 0.6) is 0 Å². The molecule has 0 N–H and O–H groups in total. The topological polar surface area (TPSA) is 49.1 Å². The van der Waals surface area contributed by atoms with Crippen molar-refractivity contribution in [1.29, 1.82) is 5.26 Å². The van der Waals surface area contributed by atoms with Gasteiger partial charge in [0.15, 0.2) is 0 Å². The first kappa shape index (κ1) is 15.3. The maximum Gasteiger partial charge on any atom is 0.147 e. The van der Waals surface area contributed by atoms with Crippen molar-refractivity contribution < 1.29 is 4.74 Å². The maximum absolute atomic E-state index is 9.53. The Bertz CT molecular complexity index is 607. The third kappa shape index (κ3) is 2.48. The summed E-state index contributed by atoms with van der Waals surface area (Å²) in [5.74, 6) is 0.876. The molecule has 22 heavy (non-hydrogen) atoms. The van der Waals surface area contributed by atoms with Crippen LogP contribution in [0.1, 0.15) is 48.9 Å². The highest BCUT2D eigenvalue weighted by molar-refractivity contribution is 5.58. The Kier molecular flexibility index (Phi) is 4.10. The summed E-state index contributed by atoms with van der Waals surface area (Å²) in [7, 11) is 1.84. The van der Waals surface area contributed by atoms with Crippen LogP contribution in [-0.2, 0) is 4.74 Å². The Labute approximate surface area is 133 Å². The monoisotopic (exact) mass is 299 g/mol. The van der Waals surface area contributed by atoms with Crippen molar-refractivity contribution in [1.82, 2.24) is 4.98 Å². The zero-order valence-electron chi connectivity index (χ0n) is 13.9. The van der Waals surface area contributed by atoms with Gasteiger partial charge in [-0.3, -0.25) is 0 Å². The normalized spacial score (nSPS) is 28.1. The molecule has 118 valence electrons. The molecule has 3 rings (SSSR count).